The van der Waals surface area contributed by atoms with Crippen molar-refractivity contribution in [1.29, 1.82) is 0 Å². The number of benzene rings is 2. The quantitative estimate of drug-likeness (QED) is 0.632. The van der Waals surface area contributed by atoms with Crippen LogP contribution < -0.4 is 4.90 Å². The number of halogens is 1. The maximum Gasteiger partial charge on any atom is 0.228 e. The second-order valence-electron chi connectivity index (χ2n) is 7.58. The van der Waals surface area contributed by atoms with Crippen LogP contribution in [0.25, 0.3) is 0 Å². The number of hydrogen-bond acceptors (Lipinski definition) is 3. The topological polar surface area (TPSA) is 58.4 Å². The zero-order valence-corrected chi connectivity index (χ0v) is 16.7. The van der Waals surface area contributed by atoms with Crippen molar-refractivity contribution in [2.45, 2.75) is 19.5 Å². The van der Waals surface area contributed by atoms with Crippen molar-refractivity contribution in [2.75, 3.05) is 18.5 Å². The molecule has 2 aromatic carbocycles. The second kappa shape index (κ2) is 8.49. The van der Waals surface area contributed by atoms with Crippen molar-refractivity contribution in [1.82, 2.24) is 14.7 Å². The molecule has 0 radical (unpaired) electrons. The summed E-state index contributed by atoms with van der Waals surface area (Å²) in [4.78, 5) is 28.2. The Bertz CT molecular complexity index is 1050. The molecule has 0 bridgehead atoms. The van der Waals surface area contributed by atoms with E-state index >= 15 is 0 Å². The van der Waals surface area contributed by atoms with Crippen LogP contribution in [0, 0.1) is 11.7 Å². The fourth-order valence-electron chi connectivity index (χ4n) is 3.78. The lowest BCUT2D eigenvalue weighted by Crippen LogP contribution is -2.34. The second-order valence-corrected chi connectivity index (χ2v) is 7.58. The van der Waals surface area contributed by atoms with Gasteiger partial charge >= 0.3 is 0 Å². The molecule has 7 heteroatoms. The molecule has 30 heavy (non-hydrogen) atoms. The average Bonchev–Trinajstić information content (AvgIpc) is 3.35. The van der Waals surface area contributed by atoms with Gasteiger partial charge < -0.3 is 9.80 Å². The molecule has 6 nitrogen and oxygen atoms in total. The normalized spacial score (nSPS) is 16.1. The Morgan fingerprint density at radius 1 is 1.13 bits per heavy atom. The van der Waals surface area contributed by atoms with E-state index in [0.29, 0.717) is 13.1 Å². The molecule has 0 spiro atoms. The third kappa shape index (κ3) is 4.25. The predicted molar refractivity (Wildman–Crippen MR) is 111 cm³/mol. The molecule has 0 N–H and O–H groups in total. The molecule has 1 fully saturated rings. The molecule has 2 heterocycles. The molecular weight excluding hydrogens is 383 g/mol. The number of nitrogens with zero attached hydrogens (tertiary/aromatic N) is 4. The Morgan fingerprint density at radius 2 is 1.87 bits per heavy atom. The van der Waals surface area contributed by atoms with Gasteiger partial charge in [-0.1, -0.05) is 42.5 Å². The number of anilines is 1. The minimum atomic E-state index is -0.485. The number of para-hydroxylation sites is 1. The van der Waals surface area contributed by atoms with Gasteiger partial charge in [0.25, 0.3) is 0 Å². The van der Waals surface area contributed by atoms with Gasteiger partial charge in [-0.3, -0.25) is 14.3 Å². The summed E-state index contributed by atoms with van der Waals surface area (Å²) in [5.41, 5.74) is 2.29. The summed E-state index contributed by atoms with van der Waals surface area (Å²) in [5.74, 6) is -1.31. The molecule has 0 aliphatic carbocycles. The van der Waals surface area contributed by atoms with Crippen LogP contribution in [-0.2, 0) is 22.7 Å². The Balaban J connectivity index is 1.37. The molecule has 2 amide bonds. The van der Waals surface area contributed by atoms with Crippen molar-refractivity contribution in [3.63, 3.8) is 0 Å². The fraction of sp³-hybridized carbons (Fsp3) is 0.261. The molecule has 1 aliphatic rings. The lowest BCUT2D eigenvalue weighted by Gasteiger charge is -2.21. The molecular formula is C23H23FN4O2. The Morgan fingerprint density at radius 3 is 2.63 bits per heavy atom. The third-order valence-electron chi connectivity index (χ3n) is 5.29. The van der Waals surface area contributed by atoms with E-state index in [2.05, 4.69) is 5.10 Å². The number of aromatic nitrogens is 2. The van der Waals surface area contributed by atoms with E-state index in [1.807, 2.05) is 41.2 Å². The lowest BCUT2D eigenvalue weighted by molar-refractivity contribution is -0.135. The van der Waals surface area contributed by atoms with E-state index in [1.54, 1.807) is 36.3 Å². The van der Waals surface area contributed by atoms with Gasteiger partial charge in [-0.25, -0.2) is 4.39 Å². The fourth-order valence-corrected chi connectivity index (χ4v) is 3.78. The van der Waals surface area contributed by atoms with Crippen LogP contribution in [0.5, 0.6) is 0 Å². The van der Waals surface area contributed by atoms with Crippen molar-refractivity contribution < 1.29 is 14.0 Å². The highest BCUT2D eigenvalue weighted by Crippen LogP contribution is 2.28. The minimum absolute atomic E-state index is 0.0881. The number of carbonyl (C=O) groups excluding carboxylic acids is 2. The average molecular weight is 406 g/mol. The van der Waals surface area contributed by atoms with E-state index in [9.17, 15) is 14.0 Å². The van der Waals surface area contributed by atoms with E-state index in [0.717, 1.165) is 11.1 Å². The van der Waals surface area contributed by atoms with Gasteiger partial charge in [0.1, 0.15) is 5.82 Å². The molecule has 1 saturated heterocycles. The monoisotopic (exact) mass is 406 g/mol. The van der Waals surface area contributed by atoms with Gasteiger partial charge in [0.15, 0.2) is 0 Å². The lowest BCUT2D eigenvalue weighted by atomic mass is 10.1. The van der Waals surface area contributed by atoms with Crippen molar-refractivity contribution in [3.05, 3.63) is 83.9 Å². The molecule has 1 atom stereocenters. The summed E-state index contributed by atoms with van der Waals surface area (Å²) >= 11 is 0. The van der Waals surface area contributed by atoms with Crippen LogP contribution in [0.15, 0.2) is 67.0 Å². The molecule has 0 unspecified atom stereocenters. The number of hydrogen-bond donors (Lipinski definition) is 0. The SMILES string of the molecule is CN(Cc1cnn(Cc2ccccc2)c1)C(=O)[C@@H]1CC(=O)N(c2ccccc2F)C1. The Hall–Kier alpha value is -3.48. The highest BCUT2D eigenvalue weighted by Gasteiger charge is 2.37. The highest BCUT2D eigenvalue weighted by atomic mass is 19.1. The molecule has 3 aromatic rings. The van der Waals surface area contributed by atoms with Crippen LogP contribution in [0.2, 0.25) is 0 Å². The van der Waals surface area contributed by atoms with Gasteiger partial charge in [-0.05, 0) is 17.7 Å². The van der Waals surface area contributed by atoms with E-state index < -0.39 is 11.7 Å². The Kier molecular flexibility index (Phi) is 5.61. The first-order valence-electron chi connectivity index (χ1n) is 9.86. The Labute approximate surface area is 174 Å². The number of carbonyl (C=O) groups is 2. The summed E-state index contributed by atoms with van der Waals surface area (Å²) in [6.45, 7) is 1.25. The third-order valence-corrected chi connectivity index (χ3v) is 5.29. The van der Waals surface area contributed by atoms with Crippen molar-refractivity contribution in [3.8, 4) is 0 Å². The van der Waals surface area contributed by atoms with Gasteiger partial charge in [0.05, 0.1) is 24.3 Å². The van der Waals surface area contributed by atoms with Crippen molar-refractivity contribution >= 4 is 17.5 Å². The van der Waals surface area contributed by atoms with Crippen LogP contribution in [0.1, 0.15) is 17.5 Å². The zero-order chi connectivity index (χ0) is 21.1. The highest BCUT2D eigenvalue weighted by molar-refractivity contribution is 6.00. The standard InChI is InChI=1S/C23H23FN4O2/c1-26(13-18-12-25-27(15-18)14-17-7-3-2-4-8-17)23(30)19-11-22(29)28(16-19)21-10-6-5-9-20(21)24/h2-10,12,15,19H,11,13-14,16H2,1H3/t19-/m1/s1. The smallest absolute Gasteiger partial charge is 0.228 e. The van der Waals surface area contributed by atoms with Gasteiger partial charge in [-0.2, -0.15) is 5.10 Å². The van der Waals surface area contributed by atoms with Crippen LogP contribution in [0.3, 0.4) is 0 Å². The molecule has 4 rings (SSSR count). The summed E-state index contributed by atoms with van der Waals surface area (Å²) in [7, 11) is 1.72. The van der Waals surface area contributed by atoms with Gasteiger partial charge in [-0.15, -0.1) is 0 Å². The molecule has 1 aromatic heterocycles. The van der Waals surface area contributed by atoms with Crippen LogP contribution >= 0.6 is 0 Å². The van der Waals surface area contributed by atoms with Gasteiger partial charge in [0, 0.05) is 38.3 Å². The largest absolute Gasteiger partial charge is 0.341 e. The number of rotatable bonds is 6. The summed E-state index contributed by atoms with van der Waals surface area (Å²) in [6, 6.07) is 16.2. The maximum atomic E-state index is 14.0. The first-order valence-corrected chi connectivity index (χ1v) is 9.86. The molecule has 0 saturated carbocycles. The van der Waals surface area contributed by atoms with Crippen molar-refractivity contribution in [2.24, 2.45) is 5.92 Å². The summed E-state index contributed by atoms with van der Waals surface area (Å²) in [6.07, 6.45) is 3.76. The van der Waals surface area contributed by atoms with Gasteiger partial charge in [0.2, 0.25) is 11.8 Å². The van der Waals surface area contributed by atoms with Crippen LogP contribution in [0.4, 0.5) is 10.1 Å². The zero-order valence-electron chi connectivity index (χ0n) is 16.7. The summed E-state index contributed by atoms with van der Waals surface area (Å²) < 4.78 is 15.9. The molecule has 154 valence electrons. The first kappa shape index (κ1) is 19.8. The van der Waals surface area contributed by atoms with E-state index in [-0.39, 0.29) is 30.5 Å². The minimum Gasteiger partial charge on any atom is -0.341 e. The predicted octanol–water partition coefficient (Wildman–Crippen LogP) is 3.08. The first-order chi connectivity index (χ1) is 14.5. The number of amides is 2. The van der Waals surface area contributed by atoms with E-state index in [1.165, 1.54) is 11.0 Å². The maximum absolute atomic E-state index is 14.0. The molecule has 1 aliphatic heterocycles. The van der Waals surface area contributed by atoms with E-state index in [4.69, 9.17) is 0 Å². The van der Waals surface area contributed by atoms with Crippen LogP contribution in [-0.4, -0.2) is 40.1 Å². The summed E-state index contributed by atoms with van der Waals surface area (Å²) in [5, 5.41) is 4.37.